The molecule has 0 spiro atoms. The minimum absolute atomic E-state index is 0.303. The van der Waals surface area contributed by atoms with E-state index in [9.17, 15) is 0 Å². The van der Waals surface area contributed by atoms with Crippen LogP contribution in [0.4, 0.5) is 11.6 Å². The van der Waals surface area contributed by atoms with E-state index in [4.69, 9.17) is 5.84 Å². The van der Waals surface area contributed by atoms with Gasteiger partial charge < -0.3 is 10.7 Å². The first-order valence-electron chi connectivity index (χ1n) is 6.20. The van der Waals surface area contributed by atoms with Gasteiger partial charge in [0.15, 0.2) is 0 Å². The Labute approximate surface area is 117 Å². The van der Waals surface area contributed by atoms with E-state index in [1.54, 1.807) is 0 Å². The molecule has 0 aliphatic rings. The van der Waals surface area contributed by atoms with Crippen LogP contribution in [0.15, 0.2) is 18.5 Å². The molecule has 0 amide bonds. The van der Waals surface area contributed by atoms with E-state index in [0.29, 0.717) is 11.9 Å². The highest BCUT2D eigenvalue weighted by Crippen LogP contribution is 2.21. The van der Waals surface area contributed by atoms with Crippen molar-refractivity contribution in [3.8, 4) is 0 Å². The van der Waals surface area contributed by atoms with Crippen molar-refractivity contribution < 1.29 is 0 Å². The van der Waals surface area contributed by atoms with E-state index in [1.807, 2.05) is 18.3 Å². The Kier molecular flexibility index (Phi) is 4.34. The maximum Gasteiger partial charge on any atom is 0.148 e. The van der Waals surface area contributed by atoms with Gasteiger partial charge in [-0.2, -0.15) is 0 Å². The van der Waals surface area contributed by atoms with Crippen molar-refractivity contribution in [3.05, 3.63) is 33.8 Å². The van der Waals surface area contributed by atoms with Crippen molar-refractivity contribution >= 4 is 23.0 Å². The SMILES string of the molecule is Cc1ccc(CC(C)Nc2ncnc(NN)c2C)s1. The van der Waals surface area contributed by atoms with Gasteiger partial charge in [-0.15, -0.1) is 11.3 Å². The first kappa shape index (κ1) is 13.8. The molecule has 0 saturated carbocycles. The molecule has 2 aromatic heterocycles. The second-order valence-electron chi connectivity index (χ2n) is 4.60. The van der Waals surface area contributed by atoms with Crippen LogP contribution < -0.4 is 16.6 Å². The molecule has 2 aromatic rings. The maximum atomic E-state index is 5.41. The summed E-state index contributed by atoms with van der Waals surface area (Å²) in [6.45, 7) is 6.21. The lowest BCUT2D eigenvalue weighted by Crippen LogP contribution is -2.20. The van der Waals surface area contributed by atoms with Crippen molar-refractivity contribution in [2.24, 2.45) is 5.84 Å². The molecule has 0 aliphatic carbocycles. The summed E-state index contributed by atoms with van der Waals surface area (Å²) in [5.74, 6) is 6.88. The third-order valence-corrected chi connectivity index (χ3v) is 3.93. The normalized spacial score (nSPS) is 12.2. The fourth-order valence-electron chi connectivity index (χ4n) is 1.92. The number of nitrogens with zero attached hydrogens (tertiary/aromatic N) is 2. The van der Waals surface area contributed by atoms with Crippen LogP contribution in [0, 0.1) is 13.8 Å². The third kappa shape index (κ3) is 3.42. The maximum absolute atomic E-state index is 5.41. The Hall–Kier alpha value is -1.66. The summed E-state index contributed by atoms with van der Waals surface area (Å²) < 4.78 is 0. The smallest absolute Gasteiger partial charge is 0.148 e. The van der Waals surface area contributed by atoms with Gasteiger partial charge in [0.05, 0.1) is 0 Å². The van der Waals surface area contributed by atoms with Gasteiger partial charge in [-0.05, 0) is 32.9 Å². The first-order chi connectivity index (χ1) is 9.10. The molecule has 2 rings (SSSR count). The number of aromatic nitrogens is 2. The Bertz CT molecular complexity index is 552. The minimum atomic E-state index is 0.303. The van der Waals surface area contributed by atoms with Crippen LogP contribution >= 0.6 is 11.3 Å². The predicted octanol–water partition coefficient (Wildman–Crippen LogP) is 2.48. The monoisotopic (exact) mass is 277 g/mol. The second-order valence-corrected chi connectivity index (χ2v) is 5.97. The van der Waals surface area contributed by atoms with Crippen molar-refractivity contribution in [1.29, 1.82) is 0 Å². The van der Waals surface area contributed by atoms with Crippen LogP contribution in [0.3, 0.4) is 0 Å². The first-order valence-corrected chi connectivity index (χ1v) is 7.02. The molecule has 0 fully saturated rings. The van der Waals surface area contributed by atoms with Crippen LogP contribution in [0.2, 0.25) is 0 Å². The van der Waals surface area contributed by atoms with Gasteiger partial charge in [0.25, 0.3) is 0 Å². The topological polar surface area (TPSA) is 75.9 Å². The molecular formula is C13H19N5S. The van der Waals surface area contributed by atoms with Crippen LogP contribution in [0.25, 0.3) is 0 Å². The van der Waals surface area contributed by atoms with Crippen molar-refractivity contribution in [2.45, 2.75) is 33.2 Å². The molecule has 102 valence electrons. The number of nitrogen functional groups attached to an aromatic ring is 1. The molecule has 4 N–H and O–H groups in total. The van der Waals surface area contributed by atoms with Crippen LogP contribution in [-0.2, 0) is 6.42 Å². The number of thiophene rings is 1. The summed E-state index contributed by atoms with van der Waals surface area (Å²) in [5, 5.41) is 3.40. The largest absolute Gasteiger partial charge is 0.367 e. The van der Waals surface area contributed by atoms with E-state index >= 15 is 0 Å². The molecule has 0 radical (unpaired) electrons. The van der Waals surface area contributed by atoms with Crippen molar-refractivity contribution in [1.82, 2.24) is 9.97 Å². The van der Waals surface area contributed by atoms with Crippen LogP contribution in [0.1, 0.15) is 22.2 Å². The van der Waals surface area contributed by atoms with Crippen molar-refractivity contribution in [3.63, 3.8) is 0 Å². The lowest BCUT2D eigenvalue weighted by molar-refractivity contribution is 0.791. The van der Waals surface area contributed by atoms with Gasteiger partial charge >= 0.3 is 0 Å². The van der Waals surface area contributed by atoms with E-state index in [2.05, 4.69) is 46.7 Å². The van der Waals surface area contributed by atoms with Crippen LogP contribution in [0.5, 0.6) is 0 Å². The number of aryl methyl sites for hydroxylation is 1. The molecule has 2 heterocycles. The molecule has 6 heteroatoms. The zero-order chi connectivity index (χ0) is 13.8. The second kappa shape index (κ2) is 5.99. The molecule has 1 unspecified atom stereocenters. The highest BCUT2D eigenvalue weighted by molar-refractivity contribution is 7.11. The zero-order valence-corrected chi connectivity index (χ0v) is 12.2. The summed E-state index contributed by atoms with van der Waals surface area (Å²) in [6.07, 6.45) is 2.49. The van der Waals surface area contributed by atoms with Crippen LogP contribution in [-0.4, -0.2) is 16.0 Å². The summed E-state index contributed by atoms with van der Waals surface area (Å²) in [4.78, 5) is 11.0. The molecule has 0 aliphatic heterocycles. The van der Waals surface area contributed by atoms with Gasteiger partial charge in [0, 0.05) is 27.8 Å². The highest BCUT2D eigenvalue weighted by Gasteiger charge is 2.10. The van der Waals surface area contributed by atoms with Gasteiger partial charge in [0.2, 0.25) is 0 Å². The lowest BCUT2D eigenvalue weighted by atomic mass is 10.2. The Balaban J connectivity index is 2.04. The van der Waals surface area contributed by atoms with E-state index in [1.165, 1.54) is 16.1 Å². The number of hydrogen-bond donors (Lipinski definition) is 3. The summed E-state index contributed by atoms with van der Waals surface area (Å²) in [6, 6.07) is 4.63. The quantitative estimate of drug-likeness (QED) is 0.578. The Morgan fingerprint density at radius 2 is 2.00 bits per heavy atom. The van der Waals surface area contributed by atoms with E-state index in [-0.39, 0.29) is 0 Å². The molecule has 0 saturated heterocycles. The lowest BCUT2D eigenvalue weighted by Gasteiger charge is -2.16. The number of hydrazine groups is 1. The summed E-state index contributed by atoms with van der Waals surface area (Å²) >= 11 is 1.83. The summed E-state index contributed by atoms with van der Waals surface area (Å²) in [7, 11) is 0. The summed E-state index contributed by atoms with van der Waals surface area (Å²) in [5.41, 5.74) is 3.50. The molecule has 0 aromatic carbocycles. The average Bonchev–Trinajstić information content (AvgIpc) is 2.77. The van der Waals surface area contributed by atoms with Crippen molar-refractivity contribution in [2.75, 3.05) is 10.7 Å². The molecule has 5 nitrogen and oxygen atoms in total. The van der Waals surface area contributed by atoms with Gasteiger partial charge in [0.1, 0.15) is 18.0 Å². The zero-order valence-electron chi connectivity index (χ0n) is 11.4. The van der Waals surface area contributed by atoms with E-state index in [0.717, 1.165) is 17.8 Å². The molecular weight excluding hydrogens is 258 g/mol. The standard InChI is InChI=1S/C13H19N5S/c1-8(6-11-5-4-9(2)19-11)17-12-10(3)13(18-14)16-7-15-12/h4-5,7-8H,6,14H2,1-3H3,(H2,15,16,17,18). The molecule has 0 bridgehead atoms. The number of nitrogens with two attached hydrogens (primary N) is 1. The fourth-order valence-corrected chi connectivity index (χ4v) is 2.94. The highest BCUT2D eigenvalue weighted by atomic mass is 32.1. The number of rotatable bonds is 5. The number of nitrogens with one attached hydrogen (secondary N) is 2. The Morgan fingerprint density at radius 3 is 2.63 bits per heavy atom. The van der Waals surface area contributed by atoms with Gasteiger partial charge in [-0.3, -0.25) is 0 Å². The number of anilines is 2. The van der Waals surface area contributed by atoms with E-state index < -0.39 is 0 Å². The van der Waals surface area contributed by atoms with Gasteiger partial charge in [-0.25, -0.2) is 15.8 Å². The Morgan fingerprint density at radius 1 is 1.26 bits per heavy atom. The predicted molar refractivity (Wildman–Crippen MR) is 80.4 cm³/mol. The fraction of sp³-hybridized carbons (Fsp3) is 0.385. The molecule has 1 atom stereocenters. The van der Waals surface area contributed by atoms with Gasteiger partial charge in [-0.1, -0.05) is 0 Å². The third-order valence-electron chi connectivity index (χ3n) is 2.91. The average molecular weight is 277 g/mol. The molecule has 19 heavy (non-hydrogen) atoms. The number of hydrogen-bond acceptors (Lipinski definition) is 6. The minimum Gasteiger partial charge on any atom is -0.367 e.